The highest BCUT2D eigenvalue weighted by Crippen LogP contribution is 2.01. The fourth-order valence-corrected chi connectivity index (χ4v) is 0.635. The average Bonchev–Trinajstić information content (AvgIpc) is 1.98. The Bertz CT molecular complexity index is 152. The summed E-state index contributed by atoms with van der Waals surface area (Å²) in [5, 5.41) is 0. The van der Waals surface area contributed by atoms with Gasteiger partial charge in [0.25, 0.3) is 0 Å². The molecule has 0 aliphatic heterocycles. The maximum Gasteiger partial charge on any atom is -0.00596 e. The molecule has 0 unspecified atom stereocenters. The summed E-state index contributed by atoms with van der Waals surface area (Å²) in [6, 6.07) is 0. The molecular formula is C9H15N. The number of rotatable bonds is 3. The molecule has 0 radical (unpaired) electrons. The van der Waals surface area contributed by atoms with Gasteiger partial charge in [0, 0.05) is 0 Å². The van der Waals surface area contributed by atoms with Gasteiger partial charge in [-0.25, -0.2) is 0 Å². The first-order valence-corrected chi connectivity index (χ1v) is 3.55. The van der Waals surface area contributed by atoms with Crippen molar-refractivity contribution in [1.29, 1.82) is 0 Å². The summed E-state index contributed by atoms with van der Waals surface area (Å²) in [5.41, 5.74) is 6.48. The lowest BCUT2D eigenvalue weighted by Crippen LogP contribution is -1.79. The highest BCUT2D eigenvalue weighted by atomic mass is 14.5. The Hall–Kier alpha value is -0.980. The Morgan fingerprint density at radius 2 is 2.20 bits per heavy atom. The molecule has 0 rings (SSSR count). The van der Waals surface area contributed by atoms with Crippen LogP contribution in [0.15, 0.2) is 36.1 Å². The molecule has 0 amide bonds. The third-order valence-corrected chi connectivity index (χ3v) is 1.22. The van der Waals surface area contributed by atoms with Crippen LogP contribution < -0.4 is 5.73 Å². The lowest BCUT2D eigenvalue weighted by Gasteiger charge is -1.91. The van der Waals surface area contributed by atoms with E-state index in [4.69, 9.17) is 5.73 Å². The fourth-order valence-electron chi connectivity index (χ4n) is 0.635. The van der Waals surface area contributed by atoms with Crippen molar-refractivity contribution in [2.75, 3.05) is 0 Å². The van der Waals surface area contributed by atoms with Crippen LogP contribution in [-0.4, -0.2) is 0 Å². The van der Waals surface area contributed by atoms with Crippen molar-refractivity contribution in [2.45, 2.75) is 20.3 Å². The SMILES string of the molecule is C\C=C/C=C(\C=C/N)CC. The van der Waals surface area contributed by atoms with Crippen molar-refractivity contribution in [3.63, 3.8) is 0 Å². The van der Waals surface area contributed by atoms with E-state index >= 15 is 0 Å². The molecule has 0 aromatic heterocycles. The lowest BCUT2D eigenvalue weighted by atomic mass is 10.2. The summed E-state index contributed by atoms with van der Waals surface area (Å²) in [4.78, 5) is 0. The molecule has 10 heavy (non-hydrogen) atoms. The molecule has 0 aliphatic rings. The summed E-state index contributed by atoms with van der Waals surface area (Å²) >= 11 is 0. The quantitative estimate of drug-likeness (QED) is 0.594. The lowest BCUT2D eigenvalue weighted by molar-refractivity contribution is 1.15. The first-order chi connectivity index (χ1) is 4.85. The van der Waals surface area contributed by atoms with Gasteiger partial charge in [0.15, 0.2) is 0 Å². The number of hydrogen-bond donors (Lipinski definition) is 1. The smallest absolute Gasteiger partial charge is 0.00596 e. The van der Waals surface area contributed by atoms with Crippen molar-refractivity contribution in [3.05, 3.63) is 36.1 Å². The Morgan fingerprint density at radius 1 is 1.50 bits per heavy atom. The Kier molecular flexibility index (Phi) is 5.54. The molecule has 0 saturated heterocycles. The molecule has 0 aliphatic carbocycles. The third-order valence-electron chi connectivity index (χ3n) is 1.22. The molecule has 2 N–H and O–H groups in total. The van der Waals surface area contributed by atoms with Gasteiger partial charge in [-0.05, 0) is 31.2 Å². The van der Waals surface area contributed by atoms with E-state index < -0.39 is 0 Å². The second-order valence-electron chi connectivity index (χ2n) is 1.98. The van der Waals surface area contributed by atoms with E-state index in [0.717, 1.165) is 6.42 Å². The highest BCUT2D eigenvalue weighted by molar-refractivity contribution is 5.22. The molecule has 0 heterocycles. The van der Waals surface area contributed by atoms with Crippen LogP contribution in [0.1, 0.15) is 20.3 Å². The zero-order chi connectivity index (χ0) is 7.82. The van der Waals surface area contributed by atoms with Crippen molar-refractivity contribution in [1.82, 2.24) is 0 Å². The standard InChI is InChI=1S/C9H15N/c1-3-5-6-9(4-2)7-8-10/h3,5-8H,4,10H2,1-2H3/b5-3-,8-7-,9-6-. The van der Waals surface area contributed by atoms with E-state index in [1.165, 1.54) is 5.57 Å². The minimum Gasteiger partial charge on any atom is -0.405 e. The molecule has 0 atom stereocenters. The Morgan fingerprint density at radius 3 is 2.60 bits per heavy atom. The van der Waals surface area contributed by atoms with Crippen LogP contribution in [-0.2, 0) is 0 Å². The second kappa shape index (κ2) is 6.14. The molecule has 56 valence electrons. The minimum absolute atomic E-state index is 1.03. The minimum atomic E-state index is 1.03. The van der Waals surface area contributed by atoms with Crippen LogP contribution in [0.2, 0.25) is 0 Å². The van der Waals surface area contributed by atoms with Crippen molar-refractivity contribution >= 4 is 0 Å². The summed E-state index contributed by atoms with van der Waals surface area (Å²) < 4.78 is 0. The van der Waals surface area contributed by atoms with Crippen molar-refractivity contribution in [2.24, 2.45) is 5.73 Å². The van der Waals surface area contributed by atoms with Crippen molar-refractivity contribution < 1.29 is 0 Å². The molecular weight excluding hydrogens is 122 g/mol. The van der Waals surface area contributed by atoms with Gasteiger partial charge in [0.1, 0.15) is 0 Å². The first-order valence-electron chi connectivity index (χ1n) is 3.55. The topological polar surface area (TPSA) is 26.0 Å². The fraction of sp³-hybridized carbons (Fsp3) is 0.333. The summed E-state index contributed by atoms with van der Waals surface area (Å²) in [6.45, 7) is 4.10. The van der Waals surface area contributed by atoms with Crippen LogP contribution in [0.5, 0.6) is 0 Å². The number of hydrogen-bond acceptors (Lipinski definition) is 1. The Labute approximate surface area is 62.9 Å². The summed E-state index contributed by atoms with van der Waals surface area (Å²) in [5.74, 6) is 0. The van der Waals surface area contributed by atoms with E-state index in [1.807, 2.05) is 25.2 Å². The number of allylic oxidation sites excluding steroid dienone is 5. The molecule has 0 aromatic carbocycles. The maximum atomic E-state index is 5.23. The molecule has 0 spiro atoms. The summed E-state index contributed by atoms with van der Waals surface area (Å²) in [7, 11) is 0. The maximum absolute atomic E-state index is 5.23. The molecule has 1 heteroatoms. The van der Waals surface area contributed by atoms with E-state index in [2.05, 4.69) is 13.0 Å². The van der Waals surface area contributed by atoms with E-state index in [1.54, 1.807) is 6.20 Å². The van der Waals surface area contributed by atoms with Gasteiger partial charge >= 0.3 is 0 Å². The largest absolute Gasteiger partial charge is 0.405 e. The van der Waals surface area contributed by atoms with Gasteiger partial charge < -0.3 is 5.73 Å². The normalized spacial score (nSPS) is 13.6. The molecule has 0 bridgehead atoms. The van der Waals surface area contributed by atoms with E-state index in [0.29, 0.717) is 0 Å². The first kappa shape index (κ1) is 9.02. The van der Waals surface area contributed by atoms with Gasteiger partial charge in [0.05, 0.1) is 0 Å². The van der Waals surface area contributed by atoms with E-state index in [-0.39, 0.29) is 0 Å². The van der Waals surface area contributed by atoms with Gasteiger partial charge in [-0.2, -0.15) is 0 Å². The second-order valence-corrected chi connectivity index (χ2v) is 1.98. The zero-order valence-electron chi connectivity index (χ0n) is 6.67. The van der Waals surface area contributed by atoms with Crippen LogP contribution in [0, 0.1) is 0 Å². The highest BCUT2D eigenvalue weighted by Gasteiger charge is 1.81. The third kappa shape index (κ3) is 3.96. The van der Waals surface area contributed by atoms with E-state index in [9.17, 15) is 0 Å². The van der Waals surface area contributed by atoms with Crippen molar-refractivity contribution in [3.8, 4) is 0 Å². The van der Waals surface area contributed by atoms with Gasteiger partial charge in [-0.3, -0.25) is 0 Å². The van der Waals surface area contributed by atoms with Crippen LogP contribution >= 0.6 is 0 Å². The van der Waals surface area contributed by atoms with Crippen LogP contribution in [0.4, 0.5) is 0 Å². The Balaban J connectivity index is 4.04. The number of nitrogens with two attached hydrogens (primary N) is 1. The van der Waals surface area contributed by atoms with Crippen LogP contribution in [0.3, 0.4) is 0 Å². The molecule has 0 fully saturated rings. The van der Waals surface area contributed by atoms with Gasteiger partial charge in [-0.15, -0.1) is 0 Å². The summed E-state index contributed by atoms with van der Waals surface area (Å²) in [6.07, 6.45) is 10.6. The van der Waals surface area contributed by atoms with Gasteiger partial charge in [0.2, 0.25) is 0 Å². The average molecular weight is 137 g/mol. The predicted molar refractivity (Wildman–Crippen MR) is 46.5 cm³/mol. The molecule has 1 nitrogen and oxygen atoms in total. The monoisotopic (exact) mass is 137 g/mol. The van der Waals surface area contributed by atoms with Gasteiger partial charge in [-0.1, -0.05) is 25.2 Å². The predicted octanol–water partition coefficient (Wildman–Crippen LogP) is 2.37. The molecule has 0 saturated carbocycles. The van der Waals surface area contributed by atoms with Crippen LogP contribution in [0.25, 0.3) is 0 Å². The zero-order valence-corrected chi connectivity index (χ0v) is 6.67. The molecule has 0 aromatic rings.